The van der Waals surface area contributed by atoms with Gasteiger partial charge in [0.2, 0.25) is 11.6 Å². The van der Waals surface area contributed by atoms with Gasteiger partial charge in [0, 0.05) is 25.1 Å². The number of fused-ring (bicyclic) bond motifs is 1. The van der Waals surface area contributed by atoms with Gasteiger partial charge in [0.1, 0.15) is 11.3 Å². The number of esters is 1. The number of anilines is 1. The van der Waals surface area contributed by atoms with Crippen LogP contribution in [0.2, 0.25) is 0 Å². The smallest absolute Gasteiger partial charge is 0.420 e. The summed E-state index contributed by atoms with van der Waals surface area (Å²) >= 11 is 0. The predicted octanol–water partition coefficient (Wildman–Crippen LogP) is 2.24. The number of carbonyl (C=O) groups is 4. The van der Waals surface area contributed by atoms with Gasteiger partial charge in [-0.1, -0.05) is 30.8 Å². The van der Waals surface area contributed by atoms with Gasteiger partial charge in [0.25, 0.3) is 0 Å². The fraction of sp³-hybridized carbons (Fsp3) is 0.174. The van der Waals surface area contributed by atoms with Crippen LogP contribution in [0.25, 0.3) is 11.1 Å². The molecule has 8 heteroatoms. The molecular weight excluding hydrogens is 398 g/mol. The Bertz CT molecular complexity index is 1150. The van der Waals surface area contributed by atoms with Gasteiger partial charge in [0.05, 0.1) is 7.11 Å². The average Bonchev–Trinajstić information content (AvgIpc) is 3.09. The van der Waals surface area contributed by atoms with Crippen LogP contribution < -0.4 is 10.6 Å². The van der Waals surface area contributed by atoms with E-state index in [2.05, 4.69) is 21.9 Å². The summed E-state index contributed by atoms with van der Waals surface area (Å²) < 4.78 is 5.88. The van der Waals surface area contributed by atoms with E-state index in [0.29, 0.717) is 11.3 Å². The lowest BCUT2D eigenvalue weighted by molar-refractivity contribution is -0.437. The zero-order chi connectivity index (χ0) is 22.7. The minimum Gasteiger partial charge on any atom is -0.464 e. The monoisotopic (exact) mass is 420 g/mol. The Morgan fingerprint density at radius 2 is 1.68 bits per heavy atom. The number of methoxy groups -OCH3 is 1. The van der Waals surface area contributed by atoms with Gasteiger partial charge >= 0.3 is 17.8 Å². The number of benzene rings is 2. The largest absolute Gasteiger partial charge is 0.464 e. The number of nitrogens with zero attached hydrogens (tertiary/aromatic N) is 1. The molecule has 158 valence electrons. The summed E-state index contributed by atoms with van der Waals surface area (Å²) in [5.74, 6) is -1.84. The Morgan fingerprint density at radius 3 is 2.29 bits per heavy atom. The van der Waals surface area contributed by atoms with Gasteiger partial charge in [-0.15, -0.1) is 0 Å². The van der Waals surface area contributed by atoms with Gasteiger partial charge in [-0.25, -0.2) is 9.59 Å². The maximum absolute atomic E-state index is 12.9. The second-order valence-corrected chi connectivity index (χ2v) is 6.99. The summed E-state index contributed by atoms with van der Waals surface area (Å²) in [5, 5.41) is 5.07. The molecule has 2 aromatic carbocycles. The highest BCUT2D eigenvalue weighted by Crippen LogP contribution is 2.32. The number of carbonyl (C=O) groups excluding carboxylic acids is 4. The van der Waals surface area contributed by atoms with E-state index in [1.165, 1.54) is 25.5 Å². The van der Waals surface area contributed by atoms with Crippen molar-refractivity contribution in [1.29, 1.82) is 0 Å². The summed E-state index contributed by atoms with van der Waals surface area (Å²) in [5.41, 5.74) is 3.63. The van der Waals surface area contributed by atoms with E-state index in [-0.39, 0.29) is 29.8 Å². The summed E-state index contributed by atoms with van der Waals surface area (Å²) in [7, 11) is 1.18. The van der Waals surface area contributed by atoms with Gasteiger partial charge in [0.15, 0.2) is 6.54 Å². The van der Waals surface area contributed by atoms with Crippen LogP contribution in [0.15, 0.2) is 54.7 Å². The van der Waals surface area contributed by atoms with E-state index in [0.717, 1.165) is 16.7 Å². The quantitative estimate of drug-likeness (QED) is 0.439. The molecule has 0 saturated carbocycles. The molecular formula is C23H22N3O5+. The Morgan fingerprint density at radius 1 is 1.03 bits per heavy atom. The minimum atomic E-state index is -0.762. The first kappa shape index (κ1) is 21.6. The molecule has 0 radical (unpaired) electrons. The molecule has 3 rings (SSSR count). The van der Waals surface area contributed by atoms with Crippen LogP contribution in [0.1, 0.15) is 29.8 Å². The highest BCUT2D eigenvalue weighted by Gasteiger charge is 2.38. The average molecular weight is 420 g/mol. The highest BCUT2D eigenvalue weighted by atomic mass is 16.5. The molecule has 2 aromatic rings. The van der Waals surface area contributed by atoms with Crippen LogP contribution in [0.4, 0.5) is 5.69 Å². The topological polar surface area (TPSA) is 105 Å². The molecule has 0 spiro atoms. The van der Waals surface area contributed by atoms with E-state index in [1.807, 2.05) is 18.2 Å². The Hall–Kier alpha value is -4.07. The van der Waals surface area contributed by atoms with Crippen molar-refractivity contribution in [1.82, 2.24) is 5.32 Å². The Labute approximate surface area is 179 Å². The second-order valence-electron chi connectivity index (χ2n) is 6.99. The third-order valence-corrected chi connectivity index (χ3v) is 4.91. The van der Waals surface area contributed by atoms with Crippen LogP contribution in [0.5, 0.6) is 0 Å². The maximum Gasteiger partial charge on any atom is 0.420 e. The molecule has 0 fully saturated rings. The molecule has 8 nitrogen and oxygen atoms in total. The lowest BCUT2D eigenvalue weighted by atomic mass is 9.97. The van der Waals surface area contributed by atoms with Crippen molar-refractivity contribution in [2.24, 2.45) is 0 Å². The molecule has 0 atom stereocenters. The molecule has 0 unspecified atom stereocenters. The fourth-order valence-corrected chi connectivity index (χ4v) is 3.33. The van der Waals surface area contributed by atoms with Crippen LogP contribution in [-0.4, -0.2) is 41.1 Å². The van der Waals surface area contributed by atoms with E-state index >= 15 is 0 Å². The lowest BCUT2D eigenvalue weighted by Crippen LogP contribution is -2.37. The highest BCUT2D eigenvalue weighted by molar-refractivity contribution is 6.37. The molecule has 2 N–H and O–H groups in total. The van der Waals surface area contributed by atoms with E-state index < -0.39 is 11.9 Å². The SMILES string of the molecule is C=C(NC(=O)C(C)=[N+]1Cc2c(cccc2-c2ccc(NC(C)=O)cc2)C1=O)C(=O)OC. The normalized spacial score (nSPS) is 13.8. The molecule has 31 heavy (non-hydrogen) atoms. The van der Waals surface area contributed by atoms with Gasteiger partial charge in [-0.2, -0.15) is 4.58 Å². The van der Waals surface area contributed by atoms with Crippen molar-refractivity contribution >= 4 is 35.1 Å². The zero-order valence-corrected chi connectivity index (χ0v) is 17.4. The summed E-state index contributed by atoms with van der Waals surface area (Å²) in [6.07, 6.45) is 0. The standard InChI is InChI=1S/C23H21N3O5/c1-13(23(30)31-4)24-21(28)14(2)26-12-20-18(6-5-7-19(20)22(26)29)16-8-10-17(11-9-16)25-15(3)27/h5-11H,1,12H2,2-4H3,(H-,24,25,27,28)/p+1. The van der Waals surface area contributed by atoms with Gasteiger partial charge < -0.3 is 15.4 Å². The minimum absolute atomic E-state index is 0.137. The third-order valence-electron chi connectivity index (χ3n) is 4.91. The summed E-state index contributed by atoms with van der Waals surface area (Å²) in [6, 6.07) is 12.7. The van der Waals surface area contributed by atoms with Crippen LogP contribution in [0.3, 0.4) is 0 Å². The molecule has 1 aliphatic heterocycles. The molecule has 0 bridgehead atoms. The van der Waals surface area contributed by atoms with Crippen molar-refractivity contribution in [3.05, 3.63) is 65.9 Å². The zero-order valence-electron chi connectivity index (χ0n) is 17.4. The summed E-state index contributed by atoms with van der Waals surface area (Å²) in [6.45, 7) is 6.62. The van der Waals surface area contributed by atoms with E-state index in [1.54, 1.807) is 24.3 Å². The number of rotatable bonds is 5. The molecule has 0 aliphatic carbocycles. The first-order valence-electron chi connectivity index (χ1n) is 9.46. The van der Waals surface area contributed by atoms with Crippen molar-refractivity contribution in [2.45, 2.75) is 20.4 Å². The Kier molecular flexibility index (Phi) is 6.10. The van der Waals surface area contributed by atoms with Crippen molar-refractivity contribution in [3.63, 3.8) is 0 Å². The molecule has 0 aromatic heterocycles. The molecule has 0 saturated heterocycles. The first-order chi connectivity index (χ1) is 14.7. The second kappa shape index (κ2) is 8.74. The van der Waals surface area contributed by atoms with Gasteiger partial charge in [-0.05, 0) is 29.3 Å². The van der Waals surface area contributed by atoms with Crippen LogP contribution in [0, 0.1) is 0 Å². The van der Waals surface area contributed by atoms with Gasteiger partial charge in [-0.3, -0.25) is 9.59 Å². The van der Waals surface area contributed by atoms with Crippen molar-refractivity contribution < 1.29 is 28.5 Å². The number of hydrogen-bond acceptors (Lipinski definition) is 5. The maximum atomic E-state index is 12.9. The van der Waals surface area contributed by atoms with Crippen molar-refractivity contribution in [2.75, 3.05) is 12.4 Å². The number of amides is 3. The third kappa shape index (κ3) is 4.42. The first-order valence-corrected chi connectivity index (χ1v) is 9.46. The van der Waals surface area contributed by atoms with E-state index in [4.69, 9.17) is 0 Å². The number of hydrogen-bond donors (Lipinski definition) is 2. The van der Waals surface area contributed by atoms with E-state index in [9.17, 15) is 19.2 Å². The Balaban J connectivity index is 1.91. The van der Waals surface area contributed by atoms with Crippen LogP contribution >= 0.6 is 0 Å². The summed E-state index contributed by atoms with van der Waals surface area (Å²) in [4.78, 5) is 48.1. The number of nitrogens with one attached hydrogen (secondary N) is 2. The molecule has 1 heterocycles. The number of ether oxygens (including phenoxy) is 1. The predicted molar refractivity (Wildman–Crippen MR) is 114 cm³/mol. The fourth-order valence-electron chi connectivity index (χ4n) is 3.33. The van der Waals surface area contributed by atoms with Crippen molar-refractivity contribution in [3.8, 4) is 11.1 Å². The molecule has 3 amide bonds. The molecule has 1 aliphatic rings. The lowest BCUT2D eigenvalue weighted by Gasteiger charge is -2.07. The van der Waals surface area contributed by atoms with Crippen LogP contribution in [-0.2, 0) is 25.7 Å².